The molecular weight excluding hydrogens is 1060 g/mol. The number of carbonyl (C=O) groups is 2. The van der Waals surface area contributed by atoms with Crippen molar-refractivity contribution >= 4 is 11.9 Å². The van der Waals surface area contributed by atoms with Crippen LogP contribution < -0.4 is 18.9 Å². The van der Waals surface area contributed by atoms with E-state index in [1.807, 2.05) is 0 Å². The van der Waals surface area contributed by atoms with Gasteiger partial charge < -0.3 is 39.0 Å². The Kier molecular flexibility index (Phi) is 14.3. The Hall–Kier alpha value is -7.32. The van der Waals surface area contributed by atoms with Crippen LogP contribution in [0.25, 0.3) is 22.3 Å². The summed E-state index contributed by atoms with van der Waals surface area (Å²) >= 11 is 0. The standard InChI is InChI=1S/C31H29F4NO5.C29H25F4NO5/c1-2-39-29(37)28-22-12-18-13-26(36-15-23(18)27(22)28)41-16-19-11-17(3-6-25(19)32)21-5-4-20(14-24(21)31(33,34)35)40-10-9-30(38)7-8-30;30-23-4-1-15(19-3-2-18(12-22(19)29(31,32)33)38-8-7-28(37)5-6-28)9-17(23)14-39-24-11-16-10-20-25(21(16)13-34-24)26(20)27(35)36/h3-6,11,13-15,22,27-28,38H,2,7-10,12,16H2,1H3;1-4,9,11-13,20,25-26,37H,5-8,10,14H2,(H,35,36)/t22-,27-,28+;20-,25-,26+/m11/s1. The van der Waals surface area contributed by atoms with E-state index in [9.17, 15) is 60.0 Å². The Morgan fingerprint density at radius 2 is 1.04 bits per heavy atom. The maximum absolute atomic E-state index is 14.7. The van der Waals surface area contributed by atoms with E-state index in [-0.39, 0.29) is 125 Å². The molecule has 4 fully saturated rings. The van der Waals surface area contributed by atoms with Crippen LogP contribution in [0.4, 0.5) is 35.1 Å². The lowest BCUT2D eigenvalue weighted by molar-refractivity contribution is -0.145. The van der Waals surface area contributed by atoms with E-state index in [1.165, 1.54) is 48.5 Å². The van der Waals surface area contributed by atoms with Crippen molar-refractivity contribution < 1.29 is 83.7 Å². The summed E-state index contributed by atoms with van der Waals surface area (Å²) in [4.78, 5) is 31.9. The molecule has 4 saturated carbocycles. The maximum Gasteiger partial charge on any atom is 0.417 e. The number of hydrogen-bond donors (Lipinski definition) is 3. The third-order valence-electron chi connectivity index (χ3n) is 16.2. The number of carbonyl (C=O) groups excluding carboxylic acids is 1. The van der Waals surface area contributed by atoms with Gasteiger partial charge in [-0.1, -0.05) is 24.3 Å². The summed E-state index contributed by atoms with van der Waals surface area (Å²) in [6.45, 7) is 1.85. The second kappa shape index (κ2) is 21.0. The van der Waals surface area contributed by atoms with Crippen LogP contribution in [0.5, 0.6) is 23.3 Å². The molecule has 2 heterocycles. The number of aliphatic carboxylic acids is 1. The smallest absolute Gasteiger partial charge is 0.417 e. The Balaban J connectivity index is 0.000000169. The predicted octanol–water partition coefficient (Wildman–Crippen LogP) is 12.0. The van der Waals surface area contributed by atoms with Gasteiger partial charge in [-0.25, -0.2) is 18.7 Å². The Labute approximate surface area is 453 Å². The lowest BCUT2D eigenvalue weighted by atomic mass is 9.97. The lowest BCUT2D eigenvalue weighted by Crippen LogP contribution is -2.13. The van der Waals surface area contributed by atoms with E-state index in [0.29, 0.717) is 58.0 Å². The number of rotatable bonds is 19. The zero-order valence-electron chi connectivity index (χ0n) is 43.0. The molecule has 420 valence electrons. The zero-order chi connectivity index (χ0) is 56.5. The fourth-order valence-corrected chi connectivity index (χ4v) is 11.3. The Morgan fingerprint density at radius 3 is 1.45 bits per heavy atom. The van der Waals surface area contributed by atoms with Crippen LogP contribution in [0, 0.1) is 35.3 Å². The average Bonchev–Trinajstić information content (AvgIpc) is 4.40. The van der Waals surface area contributed by atoms with Crippen LogP contribution in [0.3, 0.4) is 0 Å². The van der Waals surface area contributed by atoms with Crippen molar-refractivity contribution in [1.29, 1.82) is 0 Å². The molecule has 12 nitrogen and oxygen atoms in total. The van der Waals surface area contributed by atoms with Gasteiger partial charge in [0, 0.05) is 60.3 Å². The number of ether oxygens (including phenoxy) is 5. The Bertz CT molecular complexity index is 3380. The Morgan fingerprint density at radius 1 is 0.600 bits per heavy atom. The first-order valence-electron chi connectivity index (χ1n) is 26.4. The molecule has 6 aliphatic rings. The van der Waals surface area contributed by atoms with Crippen molar-refractivity contribution in [3.63, 3.8) is 0 Å². The molecule has 0 amide bonds. The summed E-state index contributed by atoms with van der Waals surface area (Å²) in [5.74, 6) is -1.82. The van der Waals surface area contributed by atoms with E-state index in [0.717, 1.165) is 46.5 Å². The number of carboxylic acids is 1. The number of pyridine rings is 2. The van der Waals surface area contributed by atoms with E-state index < -0.39 is 52.3 Å². The third kappa shape index (κ3) is 11.6. The molecule has 0 radical (unpaired) electrons. The molecule has 0 aliphatic heterocycles. The maximum atomic E-state index is 14.7. The number of carboxylic acid groups (broad SMARTS) is 1. The molecule has 6 aliphatic carbocycles. The minimum Gasteiger partial charge on any atom is -0.493 e. The lowest BCUT2D eigenvalue weighted by Gasteiger charge is -2.17. The van der Waals surface area contributed by atoms with Gasteiger partial charge in [0.15, 0.2) is 0 Å². The van der Waals surface area contributed by atoms with Crippen molar-refractivity contribution in [3.05, 3.63) is 153 Å². The predicted molar refractivity (Wildman–Crippen MR) is 271 cm³/mol. The molecular formula is C60H54F8N2O10. The summed E-state index contributed by atoms with van der Waals surface area (Å²) < 4.78 is 141. The second-order valence-electron chi connectivity index (χ2n) is 21.6. The molecule has 6 aromatic rings. The van der Waals surface area contributed by atoms with Gasteiger partial charge in [0.25, 0.3) is 0 Å². The SMILES string of the molecule is CCOC(=O)[C@H]1[C@@H]2Cc3cc(OCc4cc(-c5ccc(OCCC6(O)CC6)cc5C(F)(F)F)ccc4F)ncc3[C@@H]21.O=C(O)[C@H]1[C@@H]2Cc3cc(OCc4cc(-c5ccc(OCCC6(O)CC6)cc5C(F)(F)F)ccc4F)ncc3[C@@H]21. The number of benzene rings is 4. The molecule has 4 aromatic carbocycles. The van der Waals surface area contributed by atoms with Gasteiger partial charge in [0.1, 0.15) is 36.3 Å². The van der Waals surface area contributed by atoms with Crippen LogP contribution in [-0.2, 0) is 52.7 Å². The van der Waals surface area contributed by atoms with Gasteiger partial charge in [-0.15, -0.1) is 0 Å². The van der Waals surface area contributed by atoms with E-state index in [1.54, 1.807) is 31.5 Å². The number of aromatic nitrogens is 2. The van der Waals surface area contributed by atoms with Crippen LogP contribution in [-0.4, -0.2) is 68.2 Å². The number of hydrogen-bond acceptors (Lipinski definition) is 11. The molecule has 3 N–H and O–H groups in total. The first kappa shape index (κ1) is 54.6. The van der Waals surface area contributed by atoms with Crippen molar-refractivity contribution in [2.45, 2.75) is 107 Å². The number of esters is 1. The molecule has 0 saturated heterocycles. The fraction of sp³-hybridized carbons (Fsp3) is 0.400. The van der Waals surface area contributed by atoms with Crippen molar-refractivity contribution in [2.75, 3.05) is 19.8 Å². The number of fused-ring (bicyclic) bond motifs is 6. The highest BCUT2D eigenvalue weighted by Gasteiger charge is 2.61. The van der Waals surface area contributed by atoms with Gasteiger partial charge in [0.05, 0.1) is 54.0 Å². The molecule has 2 aromatic heterocycles. The van der Waals surface area contributed by atoms with Crippen LogP contribution in [0.15, 0.2) is 97.3 Å². The quantitative estimate of drug-likeness (QED) is 0.0520. The van der Waals surface area contributed by atoms with Crippen LogP contribution in [0.1, 0.15) is 102 Å². The highest BCUT2D eigenvalue weighted by atomic mass is 19.4. The summed E-state index contributed by atoms with van der Waals surface area (Å²) in [6.07, 6.45) is -1.41. The van der Waals surface area contributed by atoms with Crippen molar-refractivity contribution in [3.8, 4) is 45.5 Å². The van der Waals surface area contributed by atoms with Gasteiger partial charge in [-0.3, -0.25) is 9.59 Å². The van der Waals surface area contributed by atoms with Gasteiger partial charge in [-0.2, -0.15) is 26.3 Å². The summed E-state index contributed by atoms with van der Waals surface area (Å²) in [6, 6.07) is 18.3. The van der Waals surface area contributed by atoms with E-state index in [2.05, 4.69) is 9.97 Å². The molecule has 80 heavy (non-hydrogen) atoms. The summed E-state index contributed by atoms with van der Waals surface area (Å²) in [7, 11) is 0. The van der Waals surface area contributed by atoms with Crippen molar-refractivity contribution in [1.82, 2.24) is 9.97 Å². The minimum absolute atomic E-state index is 0.0303. The number of alkyl halides is 6. The minimum atomic E-state index is -4.68. The fourth-order valence-electron chi connectivity index (χ4n) is 11.3. The molecule has 12 rings (SSSR count). The van der Waals surface area contributed by atoms with Gasteiger partial charge in [-0.05, 0) is 150 Å². The molecule has 0 unspecified atom stereocenters. The first-order chi connectivity index (χ1) is 38.1. The molecule has 0 bridgehead atoms. The van der Waals surface area contributed by atoms with Gasteiger partial charge >= 0.3 is 24.3 Å². The number of halogens is 8. The van der Waals surface area contributed by atoms with Gasteiger partial charge in [0.2, 0.25) is 11.8 Å². The monoisotopic (exact) mass is 1110 g/mol. The molecule has 20 heteroatoms. The van der Waals surface area contributed by atoms with Crippen LogP contribution >= 0.6 is 0 Å². The summed E-state index contributed by atoms with van der Waals surface area (Å²) in [5.41, 5.74) is 0.766. The highest BCUT2D eigenvalue weighted by Crippen LogP contribution is 2.63. The molecule has 0 spiro atoms. The van der Waals surface area contributed by atoms with E-state index >= 15 is 0 Å². The third-order valence-corrected chi connectivity index (χ3v) is 16.2. The number of nitrogens with zero attached hydrogens (tertiary/aromatic N) is 2. The average molecular weight is 1120 g/mol. The van der Waals surface area contributed by atoms with E-state index in [4.69, 9.17) is 23.7 Å². The molecule has 6 atom stereocenters. The topological polar surface area (TPSA) is 167 Å². The number of aliphatic hydroxyl groups is 2. The second-order valence-corrected chi connectivity index (χ2v) is 21.6. The largest absolute Gasteiger partial charge is 0.493 e. The highest BCUT2D eigenvalue weighted by molar-refractivity contribution is 5.80. The zero-order valence-corrected chi connectivity index (χ0v) is 43.0. The first-order valence-corrected chi connectivity index (χ1v) is 26.4. The van der Waals surface area contributed by atoms with Crippen LogP contribution in [0.2, 0.25) is 0 Å². The normalized spacial score (nSPS) is 21.8. The van der Waals surface area contributed by atoms with Crippen molar-refractivity contribution in [2.24, 2.45) is 23.7 Å². The summed E-state index contributed by atoms with van der Waals surface area (Å²) in [5, 5.41) is 29.1.